The van der Waals surface area contributed by atoms with Gasteiger partial charge in [0.05, 0.1) is 5.60 Å². The maximum Gasteiger partial charge on any atom is 0.354 e. The Morgan fingerprint density at radius 2 is 2.29 bits per heavy atom. The van der Waals surface area contributed by atoms with Crippen molar-refractivity contribution in [1.82, 2.24) is 4.98 Å². The Morgan fingerprint density at radius 1 is 1.48 bits per heavy atom. The molecule has 6 heteroatoms. The molecule has 1 N–H and O–H groups in total. The van der Waals surface area contributed by atoms with Gasteiger partial charge < -0.3 is 9.84 Å². The lowest BCUT2D eigenvalue weighted by Crippen LogP contribution is -2.43. The Balaban J connectivity index is 1.67. The van der Waals surface area contributed by atoms with Gasteiger partial charge in [-0.1, -0.05) is 0 Å². The normalized spacial score (nSPS) is 24.9. The van der Waals surface area contributed by atoms with Gasteiger partial charge in [0.2, 0.25) is 0 Å². The lowest BCUT2D eigenvalue weighted by atomic mass is 9.88. The molecule has 0 radical (unpaired) electrons. The van der Waals surface area contributed by atoms with E-state index in [1.807, 2.05) is 17.8 Å². The van der Waals surface area contributed by atoms with Crippen LogP contribution in [0.15, 0.2) is 23.2 Å². The maximum atomic E-state index is 11.0. The zero-order chi connectivity index (χ0) is 14.7. The lowest BCUT2D eigenvalue weighted by molar-refractivity contribution is -0.0805. The summed E-state index contributed by atoms with van der Waals surface area (Å²) in [7, 11) is 0. The van der Waals surface area contributed by atoms with Crippen LogP contribution in [0.3, 0.4) is 0 Å². The van der Waals surface area contributed by atoms with Gasteiger partial charge in [-0.05, 0) is 49.3 Å². The predicted molar refractivity (Wildman–Crippen MR) is 85.3 cm³/mol. The minimum absolute atomic E-state index is 0.0732. The number of aromatic nitrogens is 1. The minimum atomic E-state index is -0.967. The fraction of sp³-hybridized carbons (Fsp3) is 0.600. The van der Waals surface area contributed by atoms with Gasteiger partial charge in [-0.3, -0.25) is 0 Å². The smallest absolute Gasteiger partial charge is 0.354 e. The molecule has 114 valence electrons. The van der Waals surface area contributed by atoms with Crippen LogP contribution in [0.4, 0.5) is 0 Å². The molecule has 2 aliphatic heterocycles. The van der Waals surface area contributed by atoms with E-state index in [1.165, 1.54) is 11.5 Å². The summed E-state index contributed by atoms with van der Waals surface area (Å²) < 4.78 is 6.10. The second-order valence-corrected chi connectivity index (χ2v) is 8.16. The molecule has 2 fully saturated rings. The Bertz CT molecular complexity index is 512. The molecule has 2 aliphatic rings. The van der Waals surface area contributed by atoms with E-state index < -0.39 is 5.97 Å². The Labute approximate surface area is 133 Å². The predicted octanol–water partition coefficient (Wildman–Crippen LogP) is 3.32. The Morgan fingerprint density at radius 3 is 3.05 bits per heavy atom. The summed E-state index contributed by atoms with van der Waals surface area (Å²) in [6, 6.07) is 3.57. The number of hydrogen-bond donors (Lipinski definition) is 1. The van der Waals surface area contributed by atoms with Gasteiger partial charge in [-0.2, -0.15) is 11.8 Å². The standard InChI is InChI=1S/C15H19NO3S2/c17-14(18)13-9-11(1-5-16-13)21-12-2-6-19-15(10-12)3-7-20-8-4-15/h1,5,9,12H,2-4,6-8,10H2,(H,17,18). The molecule has 1 atom stereocenters. The van der Waals surface area contributed by atoms with Crippen LogP contribution in [0.25, 0.3) is 0 Å². The SMILES string of the molecule is O=C(O)c1cc(SC2CCOC3(CCSCC3)C2)ccn1. The fourth-order valence-electron chi connectivity index (χ4n) is 2.97. The number of hydrogen-bond acceptors (Lipinski definition) is 5. The number of carboxylic acid groups (broad SMARTS) is 1. The molecule has 3 heterocycles. The number of ether oxygens (including phenoxy) is 1. The van der Waals surface area contributed by atoms with E-state index in [2.05, 4.69) is 4.98 Å². The van der Waals surface area contributed by atoms with E-state index in [1.54, 1.807) is 24.0 Å². The number of nitrogens with zero attached hydrogens (tertiary/aromatic N) is 1. The van der Waals surface area contributed by atoms with Crippen LogP contribution < -0.4 is 0 Å². The molecule has 1 aromatic heterocycles. The van der Waals surface area contributed by atoms with Crippen LogP contribution in [-0.4, -0.2) is 45.0 Å². The van der Waals surface area contributed by atoms with Crippen molar-refractivity contribution in [3.63, 3.8) is 0 Å². The van der Waals surface area contributed by atoms with Crippen molar-refractivity contribution < 1.29 is 14.6 Å². The summed E-state index contributed by atoms with van der Waals surface area (Å²) in [6.45, 7) is 0.819. The molecule has 0 aliphatic carbocycles. The molecule has 0 amide bonds. The first-order valence-corrected chi connectivity index (χ1v) is 9.28. The van der Waals surface area contributed by atoms with Crippen LogP contribution >= 0.6 is 23.5 Å². The first kappa shape index (κ1) is 15.2. The summed E-state index contributed by atoms with van der Waals surface area (Å²) >= 11 is 3.79. The quantitative estimate of drug-likeness (QED) is 0.920. The number of rotatable bonds is 3. The second-order valence-electron chi connectivity index (χ2n) is 5.56. The molecule has 1 spiro atoms. The van der Waals surface area contributed by atoms with E-state index >= 15 is 0 Å². The van der Waals surface area contributed by atoms with E-state index in [4.69, 9.17) is 9.84 Å². The fourth-order valence-corrected chi connectivity index (χ4v) is 5.51. The summed E-state index contributed by atoms with van der Waals surface area (Å²) in [5.41, 5.74) is 0.194. The molecule has 0 saturated carbocycles. The minimum Gasteiger partial charge on any atom is -0.477 e. The molecule has 0 aromatic carbocycles. The monoisotopic (exact) mass is 325 g/mol. The zero-order valence-corrected chi connectivity index (χ0v) is 13.4. The molecule has 2 saturated heterocycles. The highest BCUT2D eigenvalue weighted by atomic mass is 32.2. The van der Waals surface area contributed by atoms with Gasteiger partial charge in [0.15, 0.2) is 0 Å². The number of thioether (sulfide) groups is 2. The molecule has 21 heavy (non-hydrogen) atoms. The van der Waals surface area contributed by atoms with Gasteiger partial charge >= 0.3 is 5.97 Å². The van der Waals surface area contributed by atoms with Crippen molar-refractivity contribution in [2.75, 3.05) is 18.1 Å². The molecule has 4 nitrogen and oxygen atoms in total. The number of carboxylic acids is 1. The Hall–Kier alpha value is -0.720. The van der Waals surface area contributed by atoms with E-state index in [-0.39, 0.29) is 11.3 Å². The van der Waals surface area contributed by atoms with Crippen molar-refractivity contribution in [2.24, 2.45) is 0 Å². The molecule has 1 aromatic rings. The largest absolute Gasteiger partial charge is 0.477 e. The van der Waals surface area contributed by atoms with E-state index in [9.17, 15) is 4.79 Å². The van der Waals surface area contributed by atoms with Gasteiger partial charge in [-0.15, -0.1) is 11.8 Å². The number of aromatic carboxylic acids is 1. The van der Waals surface area contributed by atoms with Crippen LogP contribution in [0.2, 0.25) is 0 Å². The van der Waals surface area contributed by atoms with Gasteiger partial charge in [0, 0.05) is 22.9 Å². The van der Waals surface area contributed by atoms with Crippen molar-refractivity contribution in [2.45, 2.75) is 41.4 Å². The molecular weight excluding hydrogens is 306 g/mol. The average Bonchev–Trinajstić information content (AvgIpc) is 2.48. The van der Waals surface area contributed by atoms with Crippen LogP contribution in [0.1, 0.15) is 36.2 Å². The van der Waals surface area contributed by atoms with E-state index in [0.717, 1.165) is 37.2 Å². The number of carbonyl (C=O) groups is 1. The Kier molecular flexibility index (Phi) is 4.76. The highest BCUT2D eigenvalue weighted by Gasteiger charge is 2.38. The first-order valence-electron chi connectivity index (χ1n) is 7.25. The van der Waals surface area contributed by atoms with E-state index in [0.29, 0.717) is 5.25 Å². The number of pyridine rings is 1. The van der Waals surface area contributed by atoms with Gasteiger partial charge in [0.1, 0.15) is 5.69 Å². The van der Waals surface area contributed by atoms with Gasteiger partial charge in [-0.25, -0.2) is 9.78 Å². The van der Waals surface area contributed by atoms with Crippen molar-refractivity contribution in [3.8, 4) is 0 Å². The summed E-state index contributed by atoms with van der Waals surface area (Å²) in [6.07, 6.45) is 5.97. The zero-order valence-electron chi connectivity index (χ0n) is 11.8. The summed E-state index contributed by atoms with van der Waals surface area (Å²) in [5.74, 6) is 1.41. The third kappa shape index (κ3) is 3.73. The van der Waals surface area contributed by atoms with Crippen LogP contribution in [0.5, 0.6) is 0 Å². The third-order valence-corrected chi connectivity index (χ3v) is 6.35. The summed E-state index contributed by atoms with van der Waals surface area (Å²) in [5, 5.41) is 9.53. The van der Waals surface area contributed by atoms with Crippen molar-refractivity contribution >= 4 is 29.5 Å². The van der Waals surface area contributed by atoms with Crippen molar-refractivity contribution in [3.05, 3.63) is 24.0 Å². The molecule has 3 rings (SSSR count). The maximum absolute atomic E-state index is 11.0. The summed E-state index contributed by atoms with van der Waals surface area (Å²) in [4.78, 5) is 15.9. The molecule has 1 unspecified atom stereocenters. The first-order chi connectivity index (χ1) is 10.2. The average molecular weight is 325 g/mol. The molecular formula is C15H19NO3S2. The third-order valence-electron chi connectivity index (χ3n) is 4.11. The topological polar surface area (TPSA) is 59.4 Å². The second kappa shape index (κ2) is 6.58. The van der Waals surface area contributed by atoms with Crippen LogP contribution in [-0.2, 0) is 4.74 Å². The molecule has 0 bridgehead atoms. The highest BCUT2D eigenvalue weighted by molar-refractivity contribution is 8.00. The highest BCUT2D eigenvalue weighted by Crippen LogP contribution is 2.42. The van der Waals surface area contributed by atoms with Gasteiger partial charge in [0.25, 0.3) is 0 Å². The van der Waals surface area contributed by atoms with Crippen LogP contribution in [0, 0.1) is 0 Å². The lowest BCUT2D eigenvalue weighted by Gasteiger charge is -2.43. The van der Waals surface area contributed by atoms with Crippen molar-refractivity contribution in [1.29, 1.82) is 0 Å².